The number of likely N-dealkylation sites (tertiary alicyclic amines) is 1. The molecule has 0 radical (unpaired) electrons. The third kappa shape index (κ3) is 4.01. The highest BCUT2D eigenvalue weighted by molar-refractivity contribution is 6.05. The summed E-state index contributed by atoms with van der Waals surface area (Å²) in [5.74, 6) is -0.140. The highest BCUT2D eigenvalue weighted by Gasteiger charge is 2.40. The Bertz CT molecular complexity index is 327. The lowest BCUT2D eigenvalue weighted by Crippen LogP contribution is -2.48. The van der Waals surface area contributed by atoms with Gasteiger partial charge in [0.05, 0.1) is 12.5 Å². The molecule has 0 aliphatic carbocycles. The second kappa shape index (κ2) is 7.01. The Hall–Kier alpha value is -0.940. The van der Waals surface area contributed by atoms with E-state index < -0.39 is 0 Å². The quantitative estimate of drug-likeness (QED) is 0.696. The summed E-state index contributed by atoms with van der Waals surface area (Å²) in [6.45, 7) is 13.0. The van der Waals surface area contributed by atoms with Crippen LogP contribution in [0.4, 0.5) is 0 Å². The molecule has 19 heavy (non-hydrogen) atoms. The van der Waals surface area contributed by atoms with Crippen LogP contribution >= 0.6 is 0 Å². The minimum absolute atomic E-state index is 0.0510. The van der Waals surface area contributed by atoms with Crippen molar-refractivity contribution in [1.29, 1.82) is 0 Å². The minimum Gasteiger partial charge on any atom is -0.302 e. The van der Waals surface area contributed by atoms with E-state index in [9.17, 15) is 9.59 Å². The van der Waals surface area contributed by atoms with Gasteiger partial charge in [-0.1, -0.05) is 13.8 Å². The molecule has 1 aliphatic rings. The fourth-order valence-corrected chi connectivity index (χ4v) is 2.59. The van der Waals surface area contributed by atoms with E-state index in [0.29, 0.717) is 6.42 Å². The van der Waals surface area contributed by atoms with Gasteiger partial charge in [-0.25, -0.2) is 0 Å². The summed E-state index contributed by atoms with van der Waals surface area (Å²) in [6, 6.07) is -0.195. The summed E-state index contributed by atoms with van der Waals surface area (Å²) in [5.41, 5.74) is 0. The SMILES string of the molecule is CCN(CC)CC(C)NC1CC(=O)N(C(C)C)C1=O. The van der Waals surface area contributed by atoms with Gasteiger partial charge in [0.2, 0.25) is 11.8 Å². The van der Waals surface area contributed by atoms with Crippen LogP contribution in [0.15, 0.2) is 0 Å². The second-order valence-corrected chi connectivity index (χ2v) is 5.51. The monoisotopic (exact) mass is 269 g/mol. The molecule has 1 fully saturated rings. The molecule has 0 spiro atoms. The molecule has 0 aromatic rings. The standard InChI is InChI=1S/C14H27N3O2/c1-6-16(7-2)9-11(5)15-12-8-13(18)17(10(3)4)14(12)19/h10-12,15H,6-9H2,1-5H3. The van der Waals surface area contributed by atoms with E-state index >= 15 is 0 Å². The van der Waals surface area contributed by atoms with Crippen molar-refractivity contribution in [2.24, 2.45) is 0 Å². The number of hydrogen-bond acceptors (Lipinski definition) is 4. The maximum Gasteiger partial charge on any atom is 0.247 e. The van der Waals surface area contributed by atoms with Gasteiger partial charge in [-0.15, -0.1) is 0 Å². The van der Waals surface area contributed by atoms with Gasteiger partial charge >= 0.3 is 0 Å². The molecule has 5 nitrogen and oxygen atoms in total. The minimum atomic E-state index is -0.347. The Kier molecular flexibility index (Phi) is 5.94. The molecule has 0 saturated carbocycles. The molecule has 2 amide bonds. The van der Waals surface area contributed by atoms with Crippen molar-refractivity contribution < 1.29 is 9.59 Å². The number of nitrogens with one attached hydrogen (secondary N) is 1. The van der Waals surface area contributed by atoms with Crippen molar-refractivity contribution in [3.05, 3.63) is 0 Å². The molecule has 2 atom stereocenters. The summed E-state index contributed by atoms with van der Waals surface area (Å²) >= 11 is 0. The van der Waals surface area contributed by atoms with Crippen LogP contribution in [0.1, 0.15) is 41.0 Å². The van der Waals surface area contributed by atoms with Crippen LogP contribution in [0.2, 0.25) is 0 Å². The van der Waals surface area contributed by atoms with Gasteiger partial charge < -0.3 is 10.2 Å². The summed E-state index contributed by atoms with van der Waals surface area (Å²) in [7, 11) is 0. The lowest BCUT2D eigenvalue weighted by molar-refractivity contribution is -0.140. The normalized spacial score (nSPS) is 21.8. The van der Waals surface area contributed by atoms with Crippen LogP contribution in [0.25, 0.3) is 0 Å². The molecule has 110 valence electrons. The van der Waals surface area contributed by atoms with Crippen LogP contribution < -0.4 is 5.32 Å². The average molecular weight is 269 g/mol. The fourth-order valence-electron chi connectivity index (χ4n) is 2.59. The van der Waals surface area contributed by atoms with E-state index in [4.69, 9.17) is 0 Å². The predicted octanol–water partition coefficient (Wildman–Crippen LogP) is 0.842. The zero-order valence-electron chi connectivity index (χ0n) is 12.8. The van der Waals surface area contributed by atoms with Crippen molar-refractivity contribution in [3.8, 4) is 0 Å². The van der Waals surface area contributed by atoms with Crippen molar-refractivity contribution in [3.63, 3.8) is 0 Å². The smallest absolute Gasteiger partial charge is 0.247 e. The van der Waals surface area contributed by atoms with E-state index in [1.54, 1.807) is 0 Å². The van der Waals surface area contributed by atoms with Crippen LogP contribution in [-0.4, -0.2) is 59.4 Å². The number of nitrogens with zero attached hydrogens (tertiary/aromatic N) is 2. The van der Waals surface area contributed by atoms with E-state index in [0.717, 1.165) is 19.6 Å². The second-order valence-electron chi connectivity index (χ2n) is 5.51. The molecule has 0 bridgehead atoms. The van der Waals surface area contributed by atoms with Crippen LogP contribution in [0.3, 0.4) is 0 Å². The van der Waals surface area contributed by atoms with Gasteiger partial charge in [0.25, 0.3) is 0 Å². The first kappa shape index (κ1) is 16.1. The molecule has 2 unspecified atom stereocenters. The summed E-state index contributed by atoms with van der Waals surface area (Å²) < 4.78 is 0. The maximum atomic E-state index is 12.1. The predicted molar refractivity (Wildman–Crippen MR) is 75.8 cm³/mol. The maximum absolute atomic E-state index is 12.1. The summed E-state index contributed by atoms with van der Waals surface area (Å²) in [5, 5.41) is 3.29. The average Bonchev–Trinajstić information content (AvgIpc) is 2.61. The molecule has 1 N–H and O–H groups in total. The molecule has 1 aliphatic heterocycles. The first-order valence-corrected chi connectivity index (χ1v) is 7.24. The van der Waals surface area contributed by atoms with Crippen molar-refractivity contribution in [2.75, 3.05) is 19.6 Å². The summed E-state index contributed by atoms with van der Waals surface area (Å²) in [6.07, 6.45) is 0.291. The van der Waals surface area contributed by atoms with E-state index in [2.05, 4.69) is 31.0 Å². The van der Waals surface area contributed by atoms with E-state index in [1.165, 1.54) is 4.90 Å². The molecule has 1 saturated heterocycles. The first-order valence-electron chi connectivity index (χ1n) is 7.24. The van der Waals surface area contributed by atoms with Crippen molar-refractivity contribution >= 4 is 11.8 Å². The molecule has 1 heterocycles. The van der Waals surface area contributed by atoms with Gasteiger partial charge in [-0.2, -0.15) is 0 Å². The number of hydrogen-bond donors (Lipinski definition) is 1. The first-order chi connectivity index (χ1) is 8.90. The van der Waals surface area contributed by atoms with E-state index in [1.807, 2.05) is 13.8 Å². The molecule has 5 heteroatoms. The Morgan fingerprint density at radius 1 is 1.26 bits per heavy atom. The van der Waals surface area contributed by atoms with Gasteiger partial charge in [0.1, 0.15) is 0 Å². The number of amides is 2. The Morgan fingerprint density at radius 2 is 1.84 bits per heavy atom. The molecule has 1 rings (SSSR count). The van der Waals surface area contributed by atoms with Crippen LogP contribution in [0.5, 0.6) is 0 Å². The zero-order valence-corrected chi connectivity index (χ0v) is 12.8. The Labute approximate surface area is 116 Å². The molecular weight excluding hydrogens is 242 g/mol. The highest BCUT2D eigenvalue weighted by atomic mass is 16.2. The number of likely N-dealkylation sites (N-methyl/N-ethyl adjacent to an activating group) is 1. The van der Waals surface area contributed by atoms with E-state index in [-0.39, 0.29) is 29.9 Å². The topological polar surface area (TPSA) is 52.7 Å². The summed E-state index contributed by atoms with van der Waals surface area (Å²) in [4.78, 5) is 27.6. The Morgan fingerprint density at radius 3 is 2.26 bits per heavy atom. The third-order valence-electron chi connectivity index (χ3n) is 3.61. The van der Waals surface area contributed by atoms with Gasteiger partial charge in [0.15, 0.2) is 0 Å². The van der Waals surface area contributed by atoms with Gasteiger partial charge in [-0.3, -0.25) is 14.5 Å². The number of carbonyl (C=O) groups is 2. The van der Waals surface area contributed by atoms with Crippen LogP contribution in [-0.2, 0) is 9.59 Å². The highest BCUT2D eigenvalue weighted by Crippen LogP contribution is 2.16. The van der Waals surface area contributed by atoms with Gasteiger partial charge in [-0.05, 0) is 33.9 Å². The van der Waals surface area contributed by atoms with Crippen molar-refractivity contribution in [1.82, 2.24) is 15.1 Å². The molecule has 0 aromatic heterocycles. The third-order valence-corrected chi connectivity index (χ3v) is 3.61. The van der Waals surface area contributed by atoms with Crippen molar-refractivity contribution in [2.45, 2.75) is 59.2 Å². The number of rotatable bonds is 7. The zero-order chi connectivity index (χ0) is 14.6. The van der Waals surface area contributed by atoms with Gasteiger partial charge in [0, 0.05) is 18.6 Å². The number of carbonyl (C=O) groups excluding carboxylic acids is 2. The lowest BCUT2D eigenvalue weighted by atomic mass is 10.2. The lowest BCUT2D eigenvalue weighted by Gasteiger charge is -2.25. The Balaban J connectivity index is 2.54. The fraction of sp³-hybridized carbons (Fsp3) is 0.857. The molecular formula is C14H27N3O2. The van der Waals surface area contributed by atoms with Crippen LogP contribution in [0, 0.1) is 0 Å². The number of imide groups is 1. The molecule has 0 aromatic carbocycles. The largest absolute Gasteiger partial charge is 0.302 e.